The van der Waals surface area contributed by atoms with E-state index in [1.807, 2.05) is 0 Å². The summed E-state index contributed by atoms with van der Waals surface area (Å²) in [7, 11) is 0. The Morgan fingerprint density at radius 1 is 0.464 bits per heavy atom. The zero-order chi connectivity index (χ0) is 50.4. The van der Waals surface area contributed by atoms with Gasteiger partial charge in [-0.25, -0.2) is 0 Å². The molecule has 7 amide bonds. The van der Waals surface area contributed by atoms with Crippen LogP contribution in [-0.4, -0.2) is 133 Å². The number of aromatic hydroxyl groups is 3. The molecular formula is C47H63N7O14S. The zero-order valence-corrected chi connectivity index (χ0v) is 39.4. The van der Waals surface area contributed by atoms with E-state index < -0.39 is 34.4 Å². The quantitative estimate of drug-likeness (QED) is 0.0238. The van der Waals surface area contributed by atoms with Crippen LogP contribution in [0.2, 0.25) is 0 Å². The molecule has 0 fully saturated rings. The smallest absolute Gasteiger partial charge is 0.226 e. The molecule has 3 aromatic rings. The number of thiol groups is 1. The highest BCUT2D eigenvalue weighted by Crippen LogP contribution is 2.17. The fourth-order valence-corrected chi connectivity index (χ4v) is 6.17. The van der Waals surface area contributed by atoms with Crippen LogP contribution in [0.3, 0.4) is 0 Å². The molecule has 0 saturated heterocycles. The molecule has 0 saturated carbocycles. The number of rotatable bonds is 33. The normalized spacial score (nSPS) is 11.4. The number of amides is 7. The van der Waals surface area contributed by atoms with Crippen LogP contribution in [0.15, 0.2) is 72.8 Å². The Hall–Kier alpha value is -6.75. The topological polar surface area (TPSA) is 309 Å². The lowest BCUT2D eigenvalue weighted by molar-refractivity contribution is -0.131. The summed E-state index contributed by atoms with van der Waals surface area (Å²) < 4.78 is 17.7. The van der Waals surface area contributed by atoms with Crippen molar-refractivity contribution in [2.24, 2.45) is 0 Å². The molecule has 1 atom stereocenters. The van der Waals surface area contributed by atoms with Gasteiger partial charge >= 0.3 is 0 Å². The van der Waals surface area contributed by atoms with Gasteiger partial charge in [-0.15, -0.1) is 0 Å². The van der Waals surface area contributed by atoms with Crippen LogP contribution < -0.4 is 37.2 Å². The van der Waals surface area contributed by atoms with Gasteiger partial charge in [0, 0.05) is 88.1 Å². The second kappa shape index (κ2) is 31.3. The summed E-state index contributed by atoms with van der Waals surface area (Å²) in [5, 5.41) is 46.6. The van der Waals surface area contributed by atoms with Crippen LogP contribution in [0.25, 0.3) is 0 Å². The van der Waals surface area contributed by atoms with Gasteiger partial charge in [-0.05, 0) is 86.1 Å². The second-order valence-electron chi connectivity index (χ2n) is 15.8. The van der Waals surface area contributed by atoms with Crippen molar-refractivity contribution in [3.8, 4) is 17.2 Å². The standard InChI is InChI=1S/C47H63N7O14S/c1-32(69)39(58)3-2-4-46(65)54-47(29-66-26-20-40(59)48-23-17-43(62)51-33-5-11-36(55)12-6-33,30-67-27-21-41(60)49-24-18-44(63)52-34-7-13-37(56)14-8-34)31-68-28-22-42(61)50-25-19-45(64)53-35-9-15-38(57)16-10-35/h5-16,32,55-57,69H,2-4,17-31H2,1H3,(H,48,59)(H,49,60)(H,50,61)(H,51,62)(H,52,63)(H,53,64)(H,54,65). The molecule has 0 spiro atoms. The van der Waals surface area contributed by atoms with Gasteiger partial charge < -0.3 is 66.7 Å². The first kappa shape index (κ1) is 56.6. The van der Waals surface area contributed by atoms with Crippen LogP contribution in [0.1, 0.15) is 64.7 Å². The number of ether oxygens (including phenoxy) is 3. The number of ketones is 1. The van der Waals surface area contributed by atoms with Crippen molar-refractivity contribution in [2.75, 3.05) is 75.2 Å². The maximum Gasteiger partial charge on any atom is 0.226 e. The van der Waals surface area contributed by atoms with Gasteiger partial charge in [-0.3, -0.25) is 38.4 Å². The minimum Gasteiger partial charge on any atom is -0.508 e. The second-order valence-corrected chi connectivity index (χ2v) is 16.6. The SMILES string of the molecule is CC(S)C(=O)CCCC(=O)NC(COCCC(=O)NCCC(=O)Nc1ccc(O)cc1)(COCCC(=O)NCCC(=O)Nc1ccc(O)cc1)COCCC(=O)NCCC(=O)Nc1ccc(O)cc1. The number of hydrogen-bond donors (Lipinski definition) is 11. The number of phenolic OH excluding ortho intramolecular Hbond substituents is 3. The molecule has 10 N–H and O–H groups in total. The number of anilines is 3. The van der Waals surface area contributed by atoms with Crippen molar-refractivity contribution < 1.29 is 67.9 Å². The molecule has 0 aliphatic carbocycles. The average molecular weight is 982 g/mol. The van der Waals surface area contributed by atoms with Gasteiger partial charge in [0.25, 0.3) is 0 Å². The first-order valence-corrected chi connectivity index (χ1v) is 22.8. The summed E-state index contributed by atoms with van der Waals surface area (Å²) >= 11 is 4.16. The molecule has 376 valence electrons. The predicted molar refractivity (Wildman–Crippen MR) is 258 cm³/mol. The highest BCUT2D eigenvalue weighted by atomic mass is 32.1. The lowest BCUT2D eigenvalue weighted by Crippen LogP contribution is -2.58. The van der Waals surface area contributed by atoms with Gasteiger partial charge in [-0.2, -0.15) is 12.6 Å². The minimum absolute atomic E-state index is 0.0279. The van der Waals surface area contributed by atoms with E-state index in [4.69, 9.17) is 14.2 Å². The largest absolute Gasteiger partial charge is 0.508 e. The molecule has 3 rings (SSSR count). The molecule has 21 nitrogen and oxygen atoms in total. The van der Waals surface area contributed by atoms with Crippen molar-refractivity contribution in [1.29, 1.82) is 0 Å². The summed E-state index contributed by atoms with van der Waals surface area (Å²) in [6.07, 6.45) is -0.233. The first-order chi connectivity index (χ1) is 33.0. The number of nitrogens with one attached hydrogen (secondary N) is 7. The Morgan fingerprint density at radius 2 is 0.783 bits per heavy atom. The van der Waals surface area contributed by atoms with Crippen molar-refractivity contribution in [2.45, 2.75) is 75.5 Å². The van der Waals surface area contributed by atoms with E-state index in [9.17, 15) is 53.7 Å². The Bertz CT molecular complexity index is 1920. The molecule has 3 aromatic carbocycles. The Kier molecular flexibility index (Phi) is 25.7. The van der Waals surface area contributed by atoms with Crippen molar-refractivity contribution >= 4 is 76.8 Å². The Balaban J connectivity index is 1.58. The monoisotopic (exact) mass is 981 g/mol. The van der Waals surface area contributed by atoms with Crippen LogP contribution in [-0.2, 0) is 52.6 Å². The van der Waals surface area contributed by atoms with E-state index in [1.165, 1.54) is 72.8 Å². The number of hydrogen-bond acceptors (Lipinski definition) is 15. The maximum absolute atomic E-state index is 13.4. The van der Waals surface area contributed by atoms with E-state index in [-0.39, 0.29) is 158 Å². The molecule has 0 aliphatic rings. The third-order valence-electron chi connectivity index (χ3n) is 9.73. The van der Waals surface area contributed by atoms with Crippen molar-refractivity contribution in [3.63, 3.8) is 0 Å². The highest BCUT2D eigenvalue weighted by molar-refractivity contribution is 7.81. The number of Topliss-reactive ketones (excluding diaryl/α,β-unsaturated/α-hetero) is 1. The van der Waals surface area contributed by atoms with Gasteiger partial charge in [0.1, 0.15) is 28.6 Å². The van der Waals surface area contributed by atoms with E-state index in [0.717, 1.165) is 0 Å². The summed E-state index contributed by atoms with van der Waals surface area (Å²) in [4.78, 5) is 101. The lowest BCUT2D eigenvalue weighted by Gasteiger charge is -2.34. The van der Waals surface area contributed by atoms with E-state index in [0.29, 0.717) is 17.1 Å². The third kappa shape index (κ3) is 25.3. The van der Waals surface area contributed by atoms with Crippen LogP contribution in [0, 0.1) is 0 Å². The van der Waals surface area contributed by atoms with Gasteiger partial charge in [-0.1, -0.05) is 0 Å². The minimum atomic E-state index is -1.44. The van der Waals surface area contributed by atoms with Gasteiger partial charge in [0.05, 0.1) is 44.9 Å². The molecule has 1 unspecified atom stereocenters. The summed E-state index contributed by atoms with van der Waals surface area (Å²) in [5.74, 6) is -2.85. The molecular weight excluding hydrogens is 919 g/mol. The number of carbonyl (C=O) groups is 8. The fraction of sp³-hybridized carbons (Fsp3) is 0.447. The molecule has 0 aromatic heterocycles. The van der Waals surface area contributed by atoms with E-state index >= 15 is 0 Å². The predicted octanol–water partition coefficient (Wildman–Crippen LogP) is 2.67. The van der Waals surface area contributed by atoms with E-state index in [2.05, 4.69) is 49.8 Å². The Labute approximate surface area is 405 Å². The lowest BCUT2D eigenvalue weighted by atomic mass is 10.0. The summed E-state index contributed by atoms with van der Waals surface area (Å²) in [5.41, 5.74) is -0.0138. The van der Waals surface area contributed by atoms with Crippen molar-refractivity contribution in [1.82, 2.24) is 21.3 Å². The molecule has 0 heterocycles. The van der Waals surface area contributed by atoms with Gasteiger partial charge in [0.2, 0.25) is 41.4 Å². The Morgan fingerprint density at radius 3 is 1.09 bits per heavy atom. The molecule has 0 aliphatic heterocycles. The summed E-state index contributed by atoms with van der Waals surface area (Å²) in [6, 6.07) is 17.7. The third-order valence-corrected chi connectivity index (χ3v) is 10.0. The fourth-order valence-electron chi connectivity index (χ4n) is 6.04. The number of carbonyl (C=O) groups excluding carboxylic acids is 8. The number of benzene rings is 3. The molecule has 0 radical (unpaired) electrons. The van der Waals surface area contributed by atoms with E-state index in [1.54, 1.807) is 6.92 Å². The molecule has 0 bridgehead atoms. The average Bonchev–Trinajstić information content (AvgIpc) is 3.30. The first-order valence-electron chi connectivity index (χ1n) is 22.3. The van der Waals surface area contributed by atoms with Crippen LogP contribution >= 0.6 is 12.6 Å². The highest BCUT2D eigenvalue weighted by Gasteiger charge is 2.34. The molecule has 69 heavy (non-hydrogen) atoms. The van der Waals surface area contributed by atoms with Crippen LogP contribution in [0.5, 0.6) is 17.2 Å². The number of phenols is 3. The summed E-state index contributed by atoms with van der Waals surface area (Å²) in [6.45, 7) is 0.511. The molecule has 22 heteroatoms. The van der Waals surface area contributed by atoms with Gasteiger partial charge in [0.15, 0.2) is 0 Å². The van der Waals surface area contributed by atoms with Crippen LogP contribution in [0.4, 0.5) is 17.1 Å². The van der Waals surface area contributed by atoms with Crippen molar-refractivity contribution in [3.05, 3.63) is 72.8 Å². The zero-order valence-electron chi connectivity index (χ0n) is 38.5. The maximum atomic E-state index is 13.4.